The van der Waals surface area contributed by atoms with Crippen LogP contribution in [0.5, 0.6) is 0 Å². The zero-order chi connectivity index (χ0) is 11.7. The van der Waals surface area contributed by atoms with Crippen molar-refractivity contribution >= 4 is 0 Å². The van der Waals surface area contributed by atoms with Gasteiger partial charge in [-0.3, -0.25) is 0 Å². The van der Waals surface area contributed by atoms with Crippen molar-refractivity contribution in [3.8, 4) is 0 Å². The van der Waals surface area contributed by atoms with Gasteiger partial charge in [-0.25, -0.2) is 4.98 Å². The molecule has 0 spiro atoms. The Hall–Kier alpha value is -1.61. The fourth-order valence-electron chi connectivity index (χ4n) is 2.30. The van der Waals surface area contributed by atoms with Crippen LogP contribution in [-0.2, 0) is 19.3 Å². The molecule has 88 valence electrons. The van der Waals surface area contributed by atoms with E-state index in [-0.39, 0.29) is 6.04 Å². The molecule has 17 heavy (non-hydrogen) atoms. The quantitative estimate of drug-likeness (QED) is 0.856. The highest BCUT2D eigenvalue weighted by Crippen LogP contribution is 2.22. The standard InChI is InChI=1S/C14H16N2O/c15-11-6-7-12-13(9-11)17-14(16-12)8-10-4-2-1-3-5-10/h1-5,11H,6-9,15H2. The van der Waals surface area contributed by atoms with Crippen LogP contribution in [0.2, 0.25) is 0 Å². The summed E-state index contributed by atoms with van der Waals surface area (Å²) in [6, 6.07) is 10.5. The number of benzene rings is 1. The van der Waals surface area contributed by atoms with Crippen molar-refractivity contribution in [1.29, 1.82) is 0 Å². The Morgan fingerprint density at radius 3 is 2.94 bits per heavy atom. The number of nitrogens with zero attached hydrogens (tertiary/aromatic N) is 1. The SMILES string of the molecule is NC1CCc2nc(Cc3ccccc3)oc2C1. The summed E-state index contributed by atoms with van der Waals surface area (Å²) in [4.78, 5) is 4.56. The Labute approximate surface area is 101 Å². The summed E-state index contributed by atoms with van der Waals surface area (Å²) in [6.07, 6.45) is 3.57. The van der Waals surface area contributed by atoms with Gasteiger partial charge in [0.2, 0.25) is 0 Å². The fourth-order valence-corrected chi connectivity index (χ4v) is 2.30. The molecule has 1 aromatic heterocycles. The van der Waals surface area contributed by atoms with Crippen molar-refractivity contribution in [1.82, 2.24) is 4.98 Å². The summed E-state index contributed by atoms with van der Waals surface area (Å²) in [6.45, 7) is 0. The van der Waals surface area contributed by atoms with Gasteiger partial charge in [0.1, 0.15) is 5.76 Å². The number of hydrogen-bond acceptors (Lipinski definition) is 3. The molecular weight excluding hydrogens is 212 g/mol. The molecule has 0 aliphatic heterocycles. The normalized spacial score (nSPS) is 19.0. The number of aromatic nitrogens is 1. The second-order valence-electron chi connectivity index (χ2n) is 4.64. The predicted molar refractivity (Wildman–Crippen MR) is 65.8 cm³/mol. The average molecular weight is 228 g/mol. The van der Waals surface area contributed by atoms with Crippen LogP contribution in [0.25, 0.3) is 0 Å². The lowest BCUT2D eigenvalue weighted by Crippen LogP contribution is -2.27. The van der Waals surface area contributed by atoms with Gasteiger partial charge in [-0.2, -0.15) is 0 Å². The van der Waals surface area contributed by atoms with Gasteiger partial charge in [0.25, 0.3) is 0 Å². The molecule has 3 rings (SSSR count). The number of oxazole rings is 1. The molecule has 1 aromatic carbocycles. The molecule has 2 N–H and O–H groups in total. The zero-order valence-electron chi connectivity index (χ0n) is 9.73. The van der Waals surface area contributed by atoms with Crippen molar-refractivity contribution in [2.24, 2.45) is 5.73 Å². The monoisotopic (exact) mass is 228 g/mol. The maximum absolute atomic E-state index is 5.92. The molecule has 1 unspecified atom stereocenters. The maximum atomic E-state index is 5.92. The molecule has 3 nitrogen and oxygen atoms in total. The van der Waals surface area contributed by atoms with Crippen LogP contribution in [0, 0.1) is 0 Å². The van der Waals surface area contributed by atoms with Gasteiger partial charge in [0, 0.05) is 18.9 Å². The molecule has 1 heterocycles. The largest absolute Gasteiger partial charge is 0.445 e. The summed E-state index contributed by atoms with van der Waals surface area (Å²) in [7, 11) is 0. The summed E-state index contributed by atoms with van der Waals surface area (Å²) in [5, 5.41) is 0. The van der Waals surface area contributed by atoms with Gasteiger partial charge in [0.05, 0.1) is 5.69 Å². The van der Waals surface area contributed by atoms with E-state index in [1.165, 1.54) is 5.56 Å². The first kappa shape index (κ1) is 10.5. The fraction of sp³-hybridized carbons (Fsp3) is 0.357. The van der Waals surface area contributed by atoms with Crippen molar-refractivity contribution in [3.05, 3.63) is 53.2 Å². The Morgan fingerprint density at radius 1 is 1.29 bits per heavy atom. The molecule has 1 atom stereocenters. The smallest absolute Gasteiger partial charge is 0.199 e. The van der Waals surface area contributed by atoms with Crippen LogP contribution >= 0.6 is 0 Å². The third-order valence-corrected chi connectivity index (χ3v) is 3.22. The minimum Gasteiger partial charge on any atom is -0.445 e. The molecule has 0 fully saturated rings. The van der Waals surface area contributed by atoms with Crippen LogP contribution in [0.3, 0.4) is 0 Å². The van der Waals surface area contributed by atoms with Crippen molar-refractivity contribution in [2.45, 2.75) is 31.7 Å². The van der Waals surface area contributed by atoms with Crippen LogP contribution in [0.1, 0.15) is 29.3 Å². The first-order chi connectivity index (χ1) is 8.31. The first-order valence-corrected chi connectivity index (χ1v) is 6.08. The molecule has 0 radical (unpaired) electrons. The van der Waals surface area contributed by atoms with E-state index >= 15 is 0 Å². The molecule has 0 amide bonds. The number of nitrogens with two attached hydrogens (primary N) is 1. The van der Waals surface area contributed by atoms with Gasteiger partial charge in [-0.1, -0.05) is 30.3 Å². The molecule has 2 aromatic rings. The van der Waals surface area contributed by atoms with Crippen LogP contribution in [-0.4, -0.2) is 11.0 Å². The minimum absolute atomic E-state index is 0.236. The van der Waals surface area contributed by atoms with E-state index in [0.29, 0.717) is 0 Å². The van der Waals surface area contributed by atoms with E-state index in [4.69, 9.17) is 10.2 Å². The zero-order valence-corrected chi connectivity index (χ0v) is 9.73. The summed E-state index contributed by atoms with van der Waals surface area (Å²) >= 11 is 0. The summed E-state index contributed by atoms with van der Waals surface area (Å²) < 4.78 is 5.79. The molecule has 0 saturated heterocycles. The molecule has 1 aliphatic carbocycles. The Bertz CT molecular complexity index is 504. The van der Waals surface area contributed by atoms with E-state index in [2.05, 4.69) is 17.1 Å². The highest BCUT2D eigenvalue weighted by molar-refractivity contribution is 5.21. The third-order valence-electron chi connectivity index (χ3n) is 3.22. The van der Waals surface area contributed by atoms with Gasteiger partial charge < -0.3 is 10.2 Å². The van der Waals surface area contributed by atoms with E-state index < -0.39 is 0 Å². The average Bonchev–Trinajstić information content (AvgIpc) is 2.71. The molecular formula is C14H16N2O. The van der Waals surface area contributed by atoms with Gasteiger partial charge in [-0.15, -0.1) is 0 Å². The number of aryl methyl sites for hydroxylation is 1. The van der Waals surface area contributed by atoms with Crippen LogP contribution in [0.15, 0.2) is 34.7 Å². The van der Waals surface area contributed by atoms with Crippen molar-refractivity contribution in [2.75, 3.05) is 0 Å². The number of hydrogen-bond donors (Lipinski definition) is 1. The Morgan fingerprint density at radius 2 is 2.12 bits per heavy atom. The lowest BCUT2D eigenvalue weighted by atomic mass is 9.98. The summed E-state index contributed by atoms with van der Waals surface area (Å²) in [5.41, 5.74) is 8.26. The van der Waals surface area contributed by atoms with E-state index in [1.807, 2.05) is 18.2 Å². The molecule has 0 bridgehead atoms. The van der Waals surface area contributed by atoms with Crippen molar-refractivity contribution < 1.29 is 4.42 Å². The maximum Gasteiger partial charge on any atom is 0.199 e. The highest BCUT2D eigenvalue weighted by Gasteiger charge is 2.21. The lowest BCUT2D eigenvalue weighted by Gasteiger charge is -2.14. The predicted octanol–water partition coefficient (Wildman–Crippen LogP) is 2.08. The van der Waals surface area contributed by atoms with Crippen LogP contribution < -0.4 is 5.73 Å². The first-order valence-electron chi connectivity index (χ1n) is 6.08. The lowest BCUT2D eigenvalue weighted by molar-refractivity contribution is 0.427. The molecule has 3 heteroatoms. The third kappa shape index (κ3) is 2.24. The summed E-state index contributed by atoms with van der Waals surface area (Å²) in [5.74, 6) is 1.81. The van der Waals surface area contributed by atoms with Gasteiger partial charge >= 0.3 is 0 Å². The molecule has 1 aliphatic rings. The second kappa shape index (κ2) is 4.34. The van der Waals surface area contributed by atoms with E-state index in [0.717, 1.165) is 43.0 Å². The number of rotatable bonds is 2. The van der Waals surface area contributed by atoms with E-state index in [1.54, 1.807) is 0 Å². The van der Waals surface area contributed by atoms with Crippen molar-refractivity contribution in [3.63, 3.8) is 0 Å². The van der Waals surface area contributed by atoms with E-state index in [9.17, 15) is 0 Å². The molecule has 0 saturated carbocycles. The van der Waals surface area contributed by atoms with Gasteiger partial charge in [0.15, 0.2) is 5.89 Å². The van der Waals surface area contributed by atoms with Gasteiger partial charge in [-0.05, 0) is 18.4 Å². The Kier molecular flexibility index (Phi) is 2.69. The Balaban J connectivity index is 1.81. The second-order valence-corrected chi connectivity index (χ2v) is 4.64. The number of fused-ring (bicyclic) bond motifs is 1. The minimum atomic E-state index is 0.236. The van der Waals surface area contributed by atoms with Crippen LogP contribution in [0.4, 0.5) is 0 Å². The topological polar surface area (TPSA) is 52.0 Å². The highest BCUT2D eigenvalue weighted by atomic mass is 16.4.